The maximum atomic E-state index is 11.8. The molecule has 2 atom stereocenters. The summed E-state index contributed by atoms with van der Waals surface area (Å²) in [4.78, 5) is 15.9. The monoisotopic (exact) mass is 321 g/mol. The van der Waals surface area contributed by atoms with E-state index in [-0.39, 0.29) is 12.1 Å². The molecule has 128 valence electrons. The van der Waals surface area contributed by atoms with E-state index in [9.17, 15) is 4.79 Å². The summed E-state index contributed by atoms with van der Waals surface area (Å²) in [6.45, 7) is 6.38. The number of rotatable bonds is 5. The molecule has 1 aromatic heterocycles. The van der Waals surface area contributed by atoms with Gasteiger partial charge in [0, 0.05) is 30.9 Å². The Labute approximate surface area is 138 Å². The predicted molar refractivity (Wildman–Crippen MR) is 88.4 cm³/mol. The summed E-state index contributed by atoms with van der Waals surface area (Å²) in [7, 11) is 1.61. The Morgan fingerprint density at radius 3 is 2.78 bits per heavy atom. The quantitative estimate of drug-likeness (QED) is 0.872. The van der Waals surface area contributed by atoms with Gasteiger partial charge in [-0.15, -0.1) is 0 Å². The molecular formula is C17H27N3O3. The number of nitrogens with one attached hydrogen (secondary N) is 2. The Hall–Kier alpha value is -1.82. The van der Waals surface area contributed by atoms with E-state index in [0.717, 1.165) is 31.4 Å². The Morgan fingerprint density at radius 1 is 1.35 bits per heavy atom. The van der Waals surface area contributed by atoms with E-state index in [4.69, 9.17) is 9.47 Å². The van der Waals surface area contributed by atoms with Crippen molar-refractivity contribution in [3.8, 4) is 5.88 Å². The molecule has 1 aromatic rings. The highest BCUT2D eigenvalue weighted by molar-refractivity contribution is 5.68. The second kappa shape index (κ2) is 7.64. The SMILES string of the molecule is COc1cc(CNC2CCC(NC(=O)OC(C)(C)C)C2)ccn1. The van der Waals surface area contributed by atoms with Crippen molar-refractivity contribution in [1.29, 1.82) is 0 Å². The molecule has 1 amide bonds. The van der Waals surface area contributed by atoms with E-state index in [2.05, 4.69) is 15.6 Å². The summed E-state index contributed by atoms with van der Waals surface area (Å²) in [5, 5.41) is 6.48. The number of hydrogen-bond donors (Lipinski definition) is 2. The fourth-order valence-electron chi connectivity index (χ4n) is 2.71. The zero-order valence-corrected chi connectivity index (χ0v) is 14.4. The Kier molecular flexibility index (Phi) is 5.82. The van der Waals surface area contributed by atoms with Crippen LogP contribution >= 0.6 is 0 Å². The number of ether oxygens (including phenoxy) is 2. The molecule has 1 aliphatic carbocycles. The van der Waals surface area contributed by atoms with Gasteiger partial charge in [0.2, 0.25) is 5.88 Å². The van der Waals surface area contributed by atoms with Gasteiger partial charge in [0.1, 0.15) is 5.60 Å². The summed E-state index contributed by atoms with van der Waals surface area (Å²) < 4.78 is 10.4. The molecule has 6 heteroatoms. The highest BCUT2D eigenvalue weighted by Gasteiger charge is 2.27. The van der Waals surface area contributed by atoms with Crippen LogP contribution in [0.2, 0.25) is 0 Å². The van der Waals surface area contributed by atoms with Crippen molar-refractivity contribution in [3.63, 3.8) is 0 Å². The minimum atomic E-state index is -0.458. The molecule has 0 aromatic carbocycles. The van der Waals surface area contributed by atoms with Crippen LogP contribution in [0.5, 0.6) is 5.88 Å². The second-order valence-corrected chi connectivity index (χ2v) is 6.94. The van der Waals surface area contributed by atoms with Gasteiger partial charge in [-0.25, -0.2) is 9.78 Å². The lowest BCUT2D eigenvalue weighted by Crippen LogP contribution is -2.38. The molecular weight excluding hydrogens is 294 g/mol. The van der Waals surface area contributed by atoms with Crippen molar-refractivity contribution < 1.29 is 14.3 Å². The lowest BCUT2D eigenvalue weighted by molar-refractivity contribution is 0.0505. The van der Waals surface area contributed by atoms with E-state index in [0.29, 0.717) is 11.9 Å². The minimum Gasteiger partial charge on any atom is -0.481 e. The number of nitrogens with zero attached hydrogens (tertiary/aromatic N) is 1. The Bertz CT molecular complexity index is 528. The fraction of sp³-hybridized carbons (Fsp3) is 0.647. The molecule has 6 nitrogen and oxygen atoms in total. The summed E-state index contributed by atoms with van der Waals surface area (Å²) in [5.41, 5.74) is 0.682. The number of carbonyl (C=O) groups is 1. The number of hydrogen-bond acceptors (Lipinski definition) is 5. The average molecular weight is 321 g/mol. The molecule has 0 radical (unpaired) electrons. The first kappa shape index (κ1) is 17.5. The highest BCUT2D eigenvalue weighted by atomic mass is 16.6. The van der Waals surface area contributed by atoms with Crippen LogP contribution in [0.25, 0.3) is 0 Å². The van der Waals surface area contributed by atoms with Crippen LogP contribution in [0, 0.1) is 0 Å². The zero-order chi connectivity index (χ0) is 16.9. The molecule has 1 fully saturated rings. The van der Waals surface area contributed by atoms with E-state index < -0.39 is 5.60 Å². The van der Waals surface area contributed by atoms with Gasteiger partial charge in [-0.2, -0.15) is 0 Å². The van der Waals surface area contributed by atoms with Gasteiger partial charge in [0.05, 0.1) is 7.11 Å². The van der Waals surface area contributed by atoms with Gasteiger partial charge in [0.15, 0.2) is 0 Å². The summed E-state index contributed by atoms with van der Waals surface area (Å²) in [6, 6.07) is 4.47. The minimum absolute atomic E-state index is 0.175. The first-order chi connectivity index (χ1) is 10.9. The normalized spacial score (nSPS) is 21.0. The maximum Gasteiger partial charge on any atom is 0.407 e. The van der Waals surface area contributed by atoms with Crippen molar-refractivity contribution in [2.75, 3.05) is 7.11 Å². The second-order valence-electron chi connectivity index (χ2n) is 6.94. The molecule has 0 bridgehead atoms. The smallest absolute Gasteiger partial charge is 0.407 e. The van der Waals surface area contributed by atoms with Crippen molar-refractivity contribution in [3.05, 3.63) is 23.9 Å². The van der Waals surface area contributed by atoms with Gasteiger partial charge in [-0.05, 0) is 51.7 Å². The number of pyridine rings is 1. The lowest BCUT2D eigenvalue weighted by Gasteiger charge is -2.21. The van der Waals surface area contributed by atoms with Crippen LogP contribution in [-0.4, -0.2) is 35.9 Å². The topological polar surface area (TPSA) is 72.5 Å². The standard InChI is InChI=1S/C17H27N3O3/c1-17(2,3)23-16(21)20-14-6-5-13(10-14)19-11-12-7-8-18-15(9-12)22-4/h7-9,13-14,19H,5-6,10-11H2,1-4H3,(H,20,21). The molecule has 0 aliphatic heterocycles. The molecule has 2 rings (SSSR count). The van der Waals surface area contributed by atoms with E-state index in [1.54, 1.807) is 13.3 Å². The first-order valence-corrected chi connectivity index (χ1v) is 8.07. The molecule has 1 aliphatic rings. The van der Waals surface area contributed by atoms with Crippen LogP contribution in [0.15, 0.2) is 18.3 Å². The zero-order valence-electron chi connectivity index (χ0n) is 14.4. The van der Waals surface area contributed by atoms with Crippen molar-refractivity contribution in [2.45, 2.75) is 64.3 Å². The average Bonchev–Trinajstić information content (AvgIpc) is 2.90. The van der Waals surface area contributed by atoms with Crippen LogP contribution < -0.4 is 15.4 Å². The van der Waals surface area contributed by atoms with E-state index >= 15 is 0 Å². The van der Waals surface area contributed by atoms with Crippen molar-refractivity contribution >= 4 is 6.09 Å². The summed E-state index contributed by atoms with van der Waals surface area (Å²) in [6.07, 6.45) is 4.35. The van der Waals surface area contributed by atoms with Crippen molar-refractivity contribution in [2.24, 2.45) is 0 Å². The van der Waals surface area contributed by atoms with E-state index in [1.165, 1.54) is 0 Å². The fourth-order valence-corrected chi connectivity index (χ4v) is 2.71. The third-order valence-electron chi connectivity index (χ3n) is 3.76. The van der Waals surface area contributed by atoms with Crippen LogP contribution in [0.3, 0.4) is 0 Å². The maximum absolute atomic E-state index is 11.8. The van der Waals surface area contributed by atoms with Gasteiger partial charge in [0.25, 0.3) is 0 Å². The molecule has 1 saturated carbocycles. The van der Waals surface area contributed by atoms with Crippen LogP contribution in [0.1, 0.15) is 45.6 Å². The Balaban J connectivity index is 1.74. The number of methoxy groups -OCH3 is 1. The van der Waals surface area contributed by atoms with Gasteiger partial charge >= 0.3 is 6.09 Å². The molecule has 0 spiro atoms. The van der Waals surface area contributed by atoms with Gasteiger partial charge in [-0.1, -0.05) is 0 Å². The lowest BCUT2D eigenvalue weighted by atomic mass is 10.2. The highest BCUT2D eigenvalue weighted by Crippen LogP contribution is 2.20. The van der Waals surface area contributed by atoms with Gasteiger partial charge in [-0.3, -0.25) is 0 Å². The Morgan fingerprint density at radius 2 is 2.09 bits per heavy atom. The molecule has 0 saturated heterocycles. The summed E-state index contributed by atoms with van der Waals surface area (Å²) >= 11 is 0. The van der Waals surface area contributed by atoms with E-state index in [1.807, 2.05) is 32.9 Å². The molecule has 2 unspecified atom stereocenters. The third kappa shape index (κ3) is 6.06. The molecule has 23 heavy (non-hydrogen) atoms. The number of carbonyl (C=O) groups excluding carboxylic acids is 1. The van der Waals surface area contributed by atoms with Gasteiger partial charge < -0.3 is 20.1 Å². The largest absolute Gasteiger partial charge is 0.481 e. The predicted octanol–water partition coefficient (Wildman–Crippen LogP) is 2.63. The van der Waals surface area contributed by atoms with Crippen LogP contribution in [-0.2, 0) is 11.3 Å². The van der Waals surface area contributed by atoms with Crippen LogP contribution in [0.4, 0.5) is 4.79 Å². The summed E-state index contributed by atoms with van der Waals surface area (Å²) in [5.74, 6) is 0.625. The molecule has 2 N–H and O–H groups in total. The molecule has 1 heterocycles. The number of aromatic nitrogens is 1. The number of alkyl carbamates (subject to hydrolysis) is 1. The number of amides is 1. The third-order valence-corrected chi connectivity index (χ3v) is 3.76. The first-order valence-electron chi connectivity index (χ1n) is 8.07. The van der Waals surface area contributed by atoms with Crippen molar-refractivity contribution in [1.82, 2.24) is 15.6 Å².